The lowest BCUT2D eigenvalue weighted by atomic mass is 10.0. The van der Waals surface area contributed by atoms with Crippen LogP contribution in [0.15, 0.2) is 28.7 Å². The van der Waals surface area contributed by atoms with Crippen LogP contribution in [0.25, 0.3) is 0 Å². The Morgan fingerprint density at radius 3 is 2.71 bits per heavy atom. The summed E-state index contributed by atoms with van der Waals surface area (Å²) in [6, 6.07) is 9.12. The molecule has 1 aromatic rings. The maximum Gasteiger partial charge on any atom is 0.0318 e. The van der Waals surface area contributed by atoms with E-state index in [-0.39, 0.29) is 0 Å². The molecule has 1 aromatic carbocycles. The minimum Gasteiger partial charge on any atom is -0.310 e. The highest BCUT2D eigenvalue weighted by Crippen LogP contribution is 2.51. The first-order chi connectivity index (χ1) is 8.03. The lowest BCUT2D eigenvalue weighted by molar-refractivity contribution is 0.460. The van der Waals surface area contributed by atoms with Crippen molar-refractivity contribution in [2.75, 3.05) is 6.54 Å². The molecule has 0 saturated heterocycles. The van der Waals surface area contributed by atoms with Gasteiger partial charge in [-0.1, -0.05) is 48.8 Å². The maximum atomic E-state index is 3.71. The van der Waals surface area contributed by atoms with Gasteiger partial charge in [0.05, 0.1) is 0 Å². The molecule has 1 N–H and O–H groups in total. The van der Waals surface area contributed by atoms with E-state index >= 15 is 0 Å². The second kappa shape index (κ2) is 5.11. The van der Waals surface area contributed by atoms with Crippen LogP contribution in [-0.2, 0) is 0 Å². The fourth-order valence-electron chi connectivity index (χ4n) is 2.43. The van der Waals surface area contributed by atoms with Crippen LogP contribution in [0.2, 0.25) is 0 Å². The molecule has 94 valence electrons. The van der Waals surface area contributed by atoms with Crippen LogP contribution in [0.5, 0.6) is 0 Å². The monoisotopic (exact) mass is 295 g/mol. The molecular weight excluding hydrogens is 274 g/mol. The van der Waals surface area contributed by atoms with Gasteiger partial charge >= 0.3 is 0 Å². The van der Waals surface area contributed by atoms with E-state index in [9.17, 15) is 0 Å². The van der Waals surface area contributed by atoms with Gasteiger partial charge < -0.3 is 5.32 Å². The largest absolute Gasteiger partial charge is 0.310 e. The number of hydrogen-bond donors (Lipinski definition) is 1. The first-order valence-corrected chi connectivity index (χ1v) is 7.31. The molecule has 0 aromatic heterocycles. The number of rotatable bonds is 5. The van der Waals surface area contributed by atoms with Crippen molar-refractivity contribution in [1.29, 1.82) is 0 Å². The van der Waals surface area contributed by atoms with Crippen molar-refractivity contribution in [2.45, 2.75) is 39.7 Å². The summed E-state index contributed by atoms with van der Waals surface area (Å²) in [7, 11) is 0. The summed E-state index contributed by atoms with van der Waals surface area (Å²) in [6.07, 6.45) is 2.51. The first kappa shape index (κ1) is 13.1. The molecule has 2 heteroatoms. The van der Waals surface area contributed by atoms with Crippen LogP contribution < -0.4 is 5.32 Å². The quantitative estimate of drug-likeness (QED) is 0.841. The fraction of sp³-hybridized carbons (Fsp3) is 0.600. The van der Waals surface area contributed by atoms with E-state index in [1.165, 1.54) is 16.5 Å². The van der Waals surface area contributed by atoms with E-state index in [0.29, 0.717) is 11.5 Å². The van der Waals surface area contributed by atoms with Crippen LogP contribution in [-0.4, -0.2) is 6.54 Å². The van der Waals surface area contributed by atoms with Gasteiger partial charge in [0.2, 0.25) is 0 Å². The average Bonchev–Trinajstić information content (AvgIpc) is 2.87. The molecule has 1 aliphatic carbocycles. The zero-order valence-electron chi connectivity index (χ0n) is 11.0. The first-order valence-electron chi connectivity index (χ1n) is 6.52. The molecule has 1 fully saturated rings. The summed E-state index contributed by atoms with van der Waals surface area (Å²) in [6.45, 7) is 8.12. The van der Waals surface area contributed by atoms with Gasteiger partial charge in [-0.3, -0.25) is 0 Å². The minimum atomic E-state index is 0.490. The molecular formula is C15H22BrN. The summed E-state index contributed by atoms with van der Waals surface area (Å²) in [4.78, 5) is 0. The zero-order chi connectivity index (χ0) is 12.5. The van der Waals surface area contributed by atoms with Gasteiger partial charge in [0.25, 0.3) is 0 Å². The minimum absolute atomic E-state index is 0.490. The van der Waals surface area contributed by atoms with Gasteiger partial charge in [0, 0.05) is 10.5 Å². The second-order valence-corrected chi connectivity index (χ2v) is 6.73. The third-order valence-corrected chi connectivity index (χ3v) is 4.48. The van der Waals surface area contributed by atoms with E-state index in [0.717, 1.165) is 18.9 Å². The van der Waals surface area contributed by atoms with Crippen LogP contribution in [0.4, 0.5) is 0 Å². The highest BCUT2D eigenvalue weighted by Gasteiger charge is 2.45. The molecule has 2 unspecified atom stereocenters. The number of nitrogens with one attached hydrogen (secondary N) is 1. The number of benzene rings is 1. The third-order valence-electron chi connectivity index (χ3n) is 3.99. The number of hydrogen-bond acceptors (Lipinski definition) is 1. The average molecular weight is 296 g/mol. The van der Waals surface area contributed by atoms with Crippen LogP contribution in [0.3, 0.4) is 0 Å². The van der Waals surface area contributed by atoms with Crippen molar-refractivity contribution in [3.8, 4) is 0 Å². The Morgan fingerprint density at radius 2 is 2.18 bits per heavy atom. The van der Waals surface area contributed by atoms with Gasteiger partial charge in [0.1, 0.15) is 0 Å². The van der Waals surface area contributed by atoms with E-state index in [1.54, 1.807) is 0 Å². The van der Waals surface area contributed by atoms with Crippen molar-refractivity contribution in [3.05, 3.63) is 34.3 Å². The molecule has 0 spiro atoms. The molecule has 0 amide bonds. The van der Waals surface area contributed by atoms with Crippen molar-refractivity contribution in [1.82, 2.24) is 5.32 Å². The van der Waals surface area contributed by atoms with Gasteiger partial charge in [0.15, 0.2) is 0 Å². The van der Waals surface area contributed by atoms with Crippen molar-refractivity contribution >= 4 is 15.9 Å². The van der Waals surface area contributed by atoms with Gasteiger partial charge in [-0.15, -0.1) is 0 Å². The van der Waals surface area contributed by atoms with Gasteiger partial charge in [-0.2, -0.15) is 0 Å². The molecule has 2 rings (SSSR count). The van der Waals surface area contributed by atoms with E-state index < -0.39 is 0 Å². The number of halogens is 1. The fourth-order valence-corrected chi connectivity index (χ4v) is 2.85. The molecule has 1 saturated carbocycles. The van der Waals surface area contributed by atoms with Crippen LogP contribution in [0.1, 0.15) is 45.2 Å². The van der Waals surface area contributed by atoms with Gasteiger partial charge in [-0.25, -0.2) is 0 Å². The Hall–Kier alpha value is -0.340. The van der Waals surface area contributed by atoms with E-state index in [2.05, 4.69) is 66.3 Å². The lowest BCUT2D eigenvalue weighted by Crippen LogP contribution is -2.24. The Labute approximate surface area is 113 Å². The third kappa shape index (κ3) is 3.32. The van der Waals surface area contributed by atoms with Gasteiger partial charge in [-0.05, 0) is 48.4 Å². The molecule has 2 atom stereocenters. The standard InChI is InChI=1S/C15H22BrN/c1-4-14(11-6-5-7-13(16)8-11)17-10-12-9-15(12,2)3/h5-8,12,14,17H,4,9-10H2,1-3H3. The van der Waals surface area contributed by atoms with E-state index in [1.807, 2.05) is 0 Å². The predicted molar refractivity (Wildman–Crippen MR) is 77.1 cm³/mol. The Balaban J connectivity index is 1.93. The molecule has 0 radical (unpaired) electrons. The highest BCUT2D eigenvalue weighted by molar-refractivity contribution is 9.10. The van der Waals surface area contributed by atoms with Crippen molar-refractivity contribution < 1.29 is 0 Å². The molecule has 0 aliphatic heterocycles. The summed E-state index contributed by atoms with van der Waals surface area (Å²) in [5.74, 6) is 0.865. The van der Waals surface area contributed by atoms with E-state index in [4.69, 9.17) is 0 Å². The lowest BCUT2D eigenvalue weighted by Gasteiger charge is -2.18. The maximum absolute atomic E-state index is 3.71. The Kier molecular flexibility index (Phi) is 3.94. The second-order valence-electron chi connectivity index (χ2n) is 5.81. The normalized spacial score (nSPS) is 23.4. The van der Waals surface area contributed by atoms with Crippen molar-refractivity contribution in [2.24, 2.45) is 11.3 Å². The molecule has 1 nitrogen and oxygen atoms in total. The van der Waals surface area contributed by atoms with Crippen molar-refractivity contribution in [3.63, 3.8) is 0 Å². The smallest absolute Gasteiger partial charge is 0.0318 e. The molecule has 1 aliphatic rings. The Bertz CT molecular complexity index is 386. The predicted octanol–water partition coefficient (Wildman–Crippen LogP) is 4.54. The zero-order valence-corrected chi connectivity index (χ0v) is 12.5. The molecule has 0 bridgehead atoms. The summed E-state index contributed by atoms with van der Waals surface area (Å²) in [5.41, 5.74) is 1.96. The SMILES string of the molecule is CCC(NCC1CC1(C)C)c1cccc(Br)c1. The topological polar surface area (TPSA) is 12.0 Å². The summed E-state index contributed by atoms with van der Waals surface area (Å²) in [5, 5.41) is 3.71. The summed E-state index contributed by atoms with van der Waals surface area (Å²) >= 11 is 3.54. The Morgan fingerprint density at radius 1 is 1.47 bits per heavy atom. The van der Waals surface area contributed by atoms with Crippen LogP contribution in [0, 0.1) is 11.3 Å². The highest BCUT2D eigenvalue weighted by atomic mass is 79.9. The molecule has 0 heterocycles. The molecule has 17 heavy (non-hydrogen) atoms. The van der Waals surface area contributed by atoms with Crippen LogP contribution >= 0.6 is 15.9 Å². The summed E-state index contributed by atoms with van der Waals surface area (Å²) < 4.78 is 1.17.